The molecule has 0 spiro atoms. The zero-order valence-electron chi connectivity index (χ0n) is 11.9. The van der Waals surface area contributed by atoms with Gasteiger partial charge >= 0.3 is 0 Å². The molecule has 2 nitrogen and oxygen atoms in total. The molecule has 3 heteroatoms. The van der Waals surface area contributed by atoms with Crippen LogP contribution in [0, 0.1) is 0 Å². The normalized spacial score (nSPS) is 11.1. The lowest BCUT2D eigenvalue weighted by molar-refractivity contribution is 0.748. The van der Waals surface area contributed by atoms with Gasteiger partial charge in [0.05, 0.1) is 0 Å². The number of benzene rings is 2. The van der Waals surface area contributed by atoms with Crippen molar-refractivity contribution >= 4 is 22.5 Å². The van der Waals surface area contributed by atoms with Crippen LogP contribution in [0.1, 0.15) is 18.4 Å². The van der Waals surface area contributed by atoms with Gasteiger partial charge in [0.25, 0.3) is 0 Å². The Morgan fingerprint density at radius 3 is 2.57 bits per heavy atom. The van der Waals surface area contributed by atoms with E-state index in [-0.39, 0.29) is 0 Å². The van der Waals surface area contributed by atoms with E-state index in [0.29, 0.717) is 0 Å². The molecule has 2 aromatic carbocycles. The number of nitrogens with two attached hydrogens (primary N) is 1. The summed E-state index contributed by atoms with van der Waals surface area (Å²) in [5.74, 6) is 0. The van der Waals surface area contributed by atoms with Crippen molar-refractivity contribution in [1.29, 1.82) is 0 Å². The molecule has 0 aliphatic rings. The van der Waals surface area contributed by atoms with Gasteiger partial charge < -0.3 is 10.7 Å². The lowest BCUT2D eigenvalue weighted by Gasteiger charge is -2.05. The zero-order valence-corrected chi connectivity index (χ0v) is 12.7. The van der Waals surface area contributed by atoms with Crippen LogP contribution >= 0.6 is 11.6 Å². The van der Waals surface area contributed by atoms with Crippen molar-refractivity contribution in [2.45, 2.75) is 19.3 Å². The van der Waals surface area contributed by atoms with Gasteiger partial charge in [-0.2, -0.15) is 0 Å². The van der Waals surface area contributed by atoms with Crippen LogP contribution in [0.4, 0.5) is 0 Å². The monoisotopic (exact) mass is 298 g/mol. The van der Waals surface area contributed by atoms with Crippen molar-refractivity contribution in [3.63, 3.8) is 0 Å². The summed E-state index contributed by atoms with van der Waals surface area (Å²) in [7, 11) is 0. The van der Waals surface area contributed by atoms with E-state index in [4.69, 9.17) is 17.3 Å². The van der Waals surface area contributed by atoms with Crippen LogP contribution < -0.4 is 5.73 Å². The Balaban J connectivity index is 2.11. The molecule has 3 N–H and O–H groups in total. The van der Waals surface area contributed by atoms with Gasteiger partial charge in [-0.1, -0.05) is 41.9 Å². The summed E-state index contributed by atoms with van der Waals surface area (Å²) in [5.41, 5.74) is 10.5. The van der Waals surface area contributed by atoms with E-state index in [9.17, 15) is 0 Å². The molecular weight excluding hydrogens is 280 g/mol. The number of H-pyrrole nitrogens is 1. The van der Waals surface area contributed by atoms with E-state index in [1.54, 1.807) is 0 Å². The highest BCUT2D eigenvalue weighted by molar-refractivity contribution is 6.31. The van der Waals surface area contributed by atoms with Gasteiger partial charge in [-0.15, -0.1) is 0 Å². The van der Waals surface area contributed by atoms with Crippen molar-refractivity contribution in [3.8, 4) is 11.3 Å². The Morgan fingerprint density at radius 2 is 1.81 bits per heavy atom. The third-order valence-corrected chi connectivity index (χ3v) is 4.05. The van der Waals surface area contributed by atoms with Crippen molar-refractivity contribution in [3.05, 3.63) is 59.1 Å². The SMILES string of the molecule is NCCCCc1c(-c2ccccc2)[nH]c2ccc(Cl)cc12. The number of fused-ring (bicyclic) bond motifs is 1. The van der Waals surface area contributed by atoms with E-state index >= 15 is 0 Å². The summed E-state index contributed by atoms with van der Waals surface area (Å²) >= 11 is 6.17. The van der Waals surface area contributed by atoms with Crippen molar-refractivity contribution in [2.75, 3.05) is 6.54 Å². The molecule has 0 unspecified atom stereocenters. The Hall–Kier alpha value is -1.77. The highest BCUT2D eigenvalue weighted by atomic mass is 35.5. The number of hydrogen-bond donors (Lipinski definition) is 2. The maximum atomic E-state index is 6.17. The standard InChI is InChI=1S/C18H19ClN2/c19-14-9-10-17-16(12-14)15(8-4-5-11-20)18(21-17)13-6-2-1-3-7-13/h1-3,6-7,9-10,12,21H,4-5,8,11,20H2. The van der Waals surface area contributed by atoms with Gasteiger partial charge in [0.2, 0.25) is 0 Å². The first-order valence-electron chi connectivity index (χ1n) is 7.35. The fourth-order valence-electron chi connectivity index (χ4n) is 2.78. The fraction of sp³-hybridized carbons (Fsp3) is 0.222. The van der Waals surface area contributed by atoms with E-state index in [2.05, 4.69) is 41.4 Å². The number of aryl methyl sites for hydroxylation is 1. The van der Waals surface area contributed by atoms with Crippen LogP contribution in [0.3, 0.4) is 0 Å². The molecule has 1 aromatic heterocycles. The Bertz CT molecular complexity index is 732. The van der Waals surface area contributed by atoms with Crippen molar-refractivity contribution in [1.82, 2.24) is 4.98 Å². The predicted molar refractivity (Wildman–Crippen MR) is 90.7 cm³/mol. The van der Waals surface area contributed by atoms with Gasteiger partial charge in [0.1, 0.15) is 0 Å². The smallest absolute Gasteiger partial charge is 0.0497 e. The average Bonchev–Trinajstić information content (AvgIpc) is 2.87. The number of aromatic nitrogens is 1. The van der Waals surface area contributed by atoms with Crippen molar-refractivity contribution < 1.29 is 0 Å². The summed E-state index contributed by atoms with van der Waals surface area (Å²) < 4.78 is 0. The van der Waals surface area contributed by atoms with E-state index < -0.39 is 0 Å². The van der Waals surface area contributed by atoms with Gasteiger partial charge in [-0.25, -0.2) is 0 Å². The van der Waals surface area contributed by atoms with Crippen LogP contribution in [0.25, 0.3) is 22.2 Å². The minimum Gasteiger partial charge on any atom is -0.354 e. The van der Waals surface area contributed by atoms with Gasteiger partial charge in [0, 0.05) is 21.6 Å². The topological polar surface area (TPSA) is 41.8 Å². The second-order valence-corrected chi connectivity index (χ2v) is 5.72. The fourth-order valence-corrected chi connectivity index (χ4v) is 2.95. The molecule has 0 aliphatic carbocycles. The molecule has 0 aliphatic heterocycles. The lowest BCUT2D eigenvalue weighted by atomic mass is 10.0. The van der Waals surface area contributed by atoms with Gasteiger partial charge in [0.15, 0.2) is 0 Å². The van der Waals surface area contributed by atoms with Gasteiger partial charge in [-0.3, -0.25) is 0 Å². The molecule has 3 rings (SSSR count). The lowest BCUT2D eigenvalue weighted by Crippen LogP contribution is -1.99. The molecule has 0 amide bonds. The summed E-state index contributed by atoms with van der Waals surface area (Å²) in [5, 5.41) is 2.00. The molecule has 21 heavy (non-hydrogen) atoms. The first kappa shape index (κ1) is 14.2. The molecule has 3 aromatic rings. The number of unbranched alkanes of at least 4 members (excludes halogenated alkanes) is 1. The summed E-state index contributed by atoms with van der Waals surface area (Å²) in [6.07, 6.45) is 3.15. The average molecular weight is 299 g/mol. The quantitative estimate of drug-likeness (QED) is 0.655. The largest absolute Gasteiger partial charge is 0.354 e. The molecular formula is C18H19ClN2. The molecule has 0 saturated heterocycles. The second-order valence-electron chi connectivity index (χ2n) is 5.28. The molecule has 108 valence electrons. The Labute approximate surface area is 129 Å². The molecule has 0 radical (unpaired) electrons. The van der Waals surface area contributed by atoms with E-state index in [1.807, 2.05) is 12.1 Å². The highest BCUT2D eigenvalue weighted by Gasteiger charge is 2.13. The maximum Gasteiger partial charge on any atom is 0.0497 e. The molecule has 0 saturated carbocycles. The van der Waals surface area contributed by atoms with E-state index in [0.717, 1.165) is 36.3 Å². The first-order valence-corrected chi connectivity index (χ1v) is 7.73. The van der Waals surface area contributed by atoms with E-state index in [1.165, 1.54) is 22.2 Å². The molecule has 0 bridgehead atoms. The maximum absolute atomic E-state index is 6.17. The number of nitrogens with one attached hydrogen (secondary N) is 1. The van der Waals surface area contributed by atoms with Gasteiger partial charge in [-0.05, 0) is 55.1 Å². The molecule has 0 atom stereocenters. The number of halogens is 1. The third kappa shape index (κ3) is 2.97. The van der Waals surface area contributed by atoms with Crippen LogP contribution in [0.5, 0.6) is 0 Å². The summed E-state index contributed by atoms with van der Waals surface area (Å²) in [4.78, 5) is 3.54. The third-order valence-electron chi connectivity index (χ3n) is 3.81. The highest BCUT2D eigenvalue weighted by Crippen LogP contribution is 2.32. The van der Waals surface area contributed by atoms with Crippen LogP contribution in [-0.4, -0.2) is 11.5 Å². The first-order chi connectivity index (χ1) is 10.3. The van der Waals surface area contributed by atoms with Crippen molar-refractivity contribution in [2.24, 2.45) is 5.73 Å². The molecule has 0 fully saturated rings. The summed E-state index contributed by atoms with van der Waals surface area (Å²) in [6, 6.07) is 16.5. The predicted octanol–water partition coefficient (Wildman–Crippen LogP) is 4.77. The minimum absolute atomic E-state index is 0.740. The number of aromatic amines is 1. The number of hydrogen-bond acceptors (Lipinski definition) is 1. The van der Waals surface area contributed by atoms with Crippen LogP contribution in [-0.2, 0) is 6.42 Å². The Morgan fingerprint density at radius 1 is 1.00 bits per heavy atom. The second kappa shape index (κ2) is 6.33. The van der Waals surface area contributed by atoms with Crippen LogP contribution in [0.15, 0.2) is 48.5 Å². The number of rotatable bonds is 5. The molecule has 1 heterocycles. The zero-order chi connectivity index (χ0) is 14.7. The van der Waals surface area contributed by atoms with Crippen LogP contribution in [0.2, 0.25) is 5.02 Å². The Kier molecular flexibility index (Phi) is 4.28. The summed E-state index contributed by atoms with van der Waals surface area (Å²) in [6.45, 7) is 0.740. The minimum atomic E-state index is 0.740.